The second-order valence-corrected chi connectivity index (χ2v) is 8.89. The van der Waals surface area contributed by atoms with E-state index in [1.54, 1.807) is 11.3 Å². The molecule has 3 heterocycles. The van der Waals surface area contributed by atoms with Crippen LogP contribution in [0, 0.1) is 5.92 Å². The number of rotatable bonds is 7. The zero-order valence-corrected chi connectivity index (χ0v) is 17.6. The number of nitrogens with zero attached hydrogens (tertiary/aromatic N) is 4. The van der Waals surface area contributed by atoms with Gasteiger partial charge in [-0.05, 0) is 45.1 Å². The Kier molecular flexibility index (Phi) is 7.64. The number of carbonyl (C=O) groups excluding carboxylic acids is 1. The lowest BCUT2D eigenvalue weighted by molar-refractivity contribution is 0.0215. The van der Waals surface area contributed by atoms with E-state index in [4.69, 9.17) is 0 Å². The van der Waals surface area contributed by atoms with Gasteiger partial charge < -0.3 is 14.9 Å². The second kappa shape index (κ2) is 9.96. The molecule has 0 spiro atoms. The van der Waals surface area contributed by atoms with Crippen LogP contribution in [0.15, 0.2) is 5.38 Å². The molecule has 1 amide bonds. The summed E-state index contributed by atoms with van der Waals surface area (Å²) in [5.41, 5.74) is 0.613. The molecule has 2 aliphatic heterocycles. The predicted molar refractivity (Wildman–Crippen MR) is 109 cm³/mol. The topological polar surface area (TPSA) is 59.9 Å². The van der Waals surface area contributed by atoms with Crippen LogP contribution in [0.1, 0.15) is 48.1 Å². The van der Waals surface area contributed by atoms with Crippen molar-refractivity contribution in [2.75, 3.05) is 52.9 Å². The van der Waals surface area contributed by atoms with E-state index in [9.17, 15) is 9.90 Å². The molecule has 27 heavy (non-hydrogen) atoms. The second-order valence-electron chi connectivity index (χ2n) is 7.95. The SMILES string of the molecule is CCCc1nc(C(=O)N2CC[C@H](N3CCN(C)CC3)[C@H](CCCO)C2)cs1. The number of carbonyl (C=O) groups is 1. The lowest BCUT2D eigenvalue weighted by atomic mass is 9.86. The van der Waals surface area contributed by atoms with Gasteiger partial charge in [-0.2, -0.15) is 0 Å². The summed E-state index contributed by atoms with van der Waals surface area (Å²) >= 11 is 1.60. The Morgan fingerprint density at radius 2 is 2.07 bits per heavy atom. The molecule has 6 nitrogen and oxygen atoms in total. The van der Waals surface area contributed by atoms with E-state index in [0.717, 1.165) is 76.4 Å². The van der Waals surface area contributed by atoms with Crippen molar-refractivity contribution in [1.29, 1.82) is 0 Å². The number of hydrogen-bond donors (Lipinski definition) is 1. The molecule has 2 atom stereocenters. The van der Waals surface area contributed by atoms with Gasteiger partial charge in [-0.3, -0.25) is 9.69 Å². The number of likely N-dealkylation sites (tertiary alicyclic amines) is 1. The molecule has 3 rings (SSSR count). The van der Waals surface area contributed by atoms with Crippen LogP contribution in [0.2, 0.25) is 0 Å². The van der Waals surface area contributed by atoms with Crippen molar-refractivity contribution in [2.45, 2.75) is 45.1 Å². The van der Waals surface area contributed by atoms with Crippen LogP contribution in [0.4, 0.5) is 0 Å². The van der Waals surface area contributed by atoms with Crippen molar-refractivity contribution < 1.29 is 9.90 Å². The maximum absolute atomic E-state index is 13.0. The minimum Gasteiger partial charge on any atom is -0.396 e. The first-order valence-corrected chi connectivity index (χ1v) is 11.3. The Hall–Kier alpha value is -1.02. The third-order valence-electron chi connectivity index (χ3n) is 5.96. The average molecular weight is 395 g/mol. The molecule has 0 aromatic carbocycles. The predicted octanol–water partition coefficient (Wildman–Crippen LogP) is 1.95. The van der Waals surface area contributed by atoms with E-state index in [1.165, 1.54) is 0 Å². The standard InChI is InChI=1S/C20H34N4O2S/c1-3-5-19-21-17(15-27-19)20(26)24-8-7-18(16(14-24)6-4-13-25)23-11-9-22(2)10-12-23/h15-16,18,25H,3-14H2,1-2H3/t16-,18+/m1/s1. The van der Waals surface area contributed by atoms with E-state index < -0.39 is 0 Å². The van der Waals surface area contributed by atoms with E-state index in [0.29, 0.717) is 17.7 Å². The highest BCUT2D eigenvalue weighted by Crippen LogP contribution is 2.28. The zero-order valence-electron chi connectivity index (χ0n) is 16.8. The number of amides is 1. The van der Waals surface area contributed by atoms with Gasteiger partial charge in [-0.1, -0.05) is 6.92 Å². The van der Waals surface area contributed by atoms with Gasteiger partial charge in [-0.25, -0.2) is 4.98 Å². The fourth-order valence-electron chi connectivity index (χ4n) is 4.38. The van der Waals surface area contributed by atoms with Crippen molar-refractivity contribution in [2.24, 2.45) is 5.92 Å². The summed E-state index contributed by atoms with van der Waals surface area (Å²) in [4.78, 5) is 24.5. The van der Waals surface area contributed by atoms with Gasteiger partial charge in [0.2, 0.25) is 0 Å². The molecule has 2 saturated heterocycles. The minimum atomic E-state index is 0.0828. The molecule has 0 saturated carbocycles. The minimum absolute atomic E-state index is 0.0828. The summed E-state index contributed by atoms with van der Waals surface area (Å²) < 4.78 is 0. The highest BCUT2D eigenvalue weighted by atomic mass is 32.1. The summed E-state index contributed by atoms with van der Waals surface area (Å²) in [6.45, 7) is 8.41. The summed E-state index contributed by atoms with van der Waals surface area (Å²) in [6.07, 6.45) is 4.82. The first-order chi connectivity index (χ1) is 13.1. The van der Waals surface area contributed by atoms with Gasteiger partial charge in [0.15, 0.2) is 0 Å². The fourth-order valence-corrected chi connectivity index (χ4v) is 5.25. The lowest BCUT2D eigenvalue weighted by Crippen LogP contribution is -2.57. The number of hydrogen-bond acceptors (Lipinski definition) is 6. The van der Waals surface area contributed by atoms with Gasteiger partial charge in [-0.15, -0.1) is 11.3 Å². The molecule has 1 N–H and O–H groups in total. The molecular weight excluding hydrogens is 360 g/mol. The summed E-state index contributed by atoms with van der Waals surface area (Å²) in [7, 11) is 2.18. The normalized spacial score (nSPS) is 25.1. The van der Waals surface area contributed by atoms with Crippen molar-refractivity contribution in [3.05, 3.63) is 16.1 Å². The Morgan fingerprint density at radius 1 is 1.30 bits per heavy atom. The molecule has 2 aliphatic rings. The number of aliphatic hydroxyl groups excluding tert-OH is 1. The molecule has 0 unspecified atom stereocenters. The van der Waals surface area contributed by atoms with Crippen LogP contribution < -0.4 is 0 Å². The van der Waals surface area contributed by atoms with Gasteiger partial charge in [0, 0.05) is 57.3 Å². The number of aliphatic hydroxyl groups is 1. The number of thiazole rings is 1. The highest BCUT2D eigenvalue weighted by molar-refractivity contribution is 7.09. The van der Waals surface area contributed by atoms with Crippen LogP contribution in [-0.4, -0.2) is 89.7 Å². The number of aryl methyl sites for hydroxylation is 1. The van der Waals surface area contributed by atoms with Crippen LogP contribution >= 0.6 is 11.3 Å². The van der Waals surface area contributed by atoms with Crippen molar-refractivity contribution in [3.63, 3.8) is 0 Å². The van der Waals surface area contributed by atoms with Crippen LogP contribution in [0.3, 0.4) is 0 Å². The van der Waals surface area contributed by atoms with Gasteiger partial charge >= 0.3 is 0 Å². The first-order valence-electron chi connectivity index (χ1n) is 10.4. The molecule has 7 heteroatoms. The fraction of sp³-hybridized carbons (Fsp3) is 0.800. The lowest BCUT2D eigenvalue weighted by Gasteiger charge is -2.46. The quantitative estimate of drug-likeness (QED) is 0.766. The van der Waals surface area contributed by atoms with Crippen LogP contribution in [-0.2, 0) is 6.42 Å². The molecule has 2 fully saturated rings. The Balaban J connectivity index is 1.64. The van der Waals surface area contributed by atoms with Crippen molar-refractivity contribution in [1.82, 2.24) is 19.7 Å². The molecule has 1 aromatic heterocycles. The van der Waals surface area contributed by atoms with Crippen LogP contribution in [0.25, 0.3) is 0 Å². The third kappa shape index (κ3) is 5.28. The van der Waals surface area contributed by atoms with Gasteiger partial charge in [0.05, 0.1) is 5.01 Å². The molecule has 0 radical (unpaired) electrons. The number of aromatic nitrogens is 1. The third-order valence-corrected chi connectivity index (χ3v) is 6.86. The van der Waals surface area contributed by atoms with E-state index in [1.807, 2.05) is 10.3 Å². The summed E-state index contributed by atoms with van der Waals surface area (Å²) in [6, 6.07) is 0.528. The first kappa shape index (κ1) is 20.7. The average Bonchev–Trinajstić information content (AvgIpc) is 3.15. The van der Waals surface area contributed by atoms with Gasteiger partial charge in [0.25, 0.3) is 5.91 Å². The number of piperidine rings is 1. The highest BCUT2D eigenvalue weighted by Gasteiger charge is 2.36. The van der Waals surface area contributed by atoms with E-state index in [-0.39, 0.29) is 12.5 Å². The monoisotopic (exact) mass is 394 g/mol. The largest absolute Gasteiger partial charge is 0.396 e. The number of piperazine rings is 1. The van der Waals surface area contributed by atoms with Crippen LogP contribution in [0.5, 0.6) is 0 Å². The number of likely N-dealkylation sites (N-methyl/N-ethyl adjacent to an activating group) is 1. The maximum Gasteiger partial charge on any atom is 0.273 e. The van der Waals surface area contributed by atoms with Crippen molar-refractivity contribution in [3.8, 4) is 0 Å². The Morgan fingerprint density at radius 3 is 2.78 bits per heavy atom. The molecule has 152 valence electrons. The molecular formula is C20H34N4O2S. The van der Waals surface area contributed by atoms with Gasteiger partial charge in [0.1, 0.15) is 5.69 Å². The zero-order chi connectivity index (χ0) is 19.2. The Bertz CT molecular complexity index is 601. The van der Waals surface area contributed by atoms with E-state index in [2.05, 4.69) is 28.8 Å². The summed E-state index contributed by atoms with van der Waals surface area (Å²) in [5.74, 6) is 0.520. The Labute approximate surface area is 167 Å². The van der Waals surface area contributed by atoms with E-state index >= 15 is 0 Å². The maximum atomic E-state index is 13.0. The molecule has 1 aromatic rings. The van der Waals surface area contributed by atoms with Crippen molar-refractivity contribution >= 4 is 17.2 Å². The smallest absolute Gasteiger partial charge is 0.273 e. The molecule has 0 bridgehead atoms. The summed E-state index contributed by atoms with van der Waals surface area (Å²) in [5, 5.41) is 12.3. The molecule has 0 aliphatic carbocycles.